The van der Waals surface area contributed by atoms with Crippen molar-refractivity contribution in [1.82, 2.24) is 0 Å². The summed E-state index contributed by atoms with van der Waals surface area (Å²) >= 11 is 13.6. The minimum atomic E-state index is 0.686. The fourth-order valence-corrected chi connectivity index (χ4v) is 2.73. The molecule has 0 atom stereocenters. The standard InChI is InChI=1S/C13H11Cl2NS/c14-10-3-1-9(2-4-10)8-17-13-6-5-11(16)7-12(13)15/h1-7H,8,16H2. The van der Waals surface area contributed by atoms with Gasteiger partial charge in [0.05, 0.1) is 5.02 Å². The van der Waals surface area contributed by atoms with Gasteiger partial charge in [0.15, 0.2) is 0 Å². The number of rotatable bonds is 3. The molecule has 0 fully saturated rings. The van der Waals surface area contributed by atoms with Crippen LogP contribution < -0.4 is 5.73 Å². The molecular weight excluding hydrogens is 273 g/mol. The van der Waals surface area contributed by atoms with Gasteiger partial charge in [-0.15, -0.1) is 11.8 Å². The second-order valence-corrected chi connectivity index (χ2v) is 5.47. The highest BCUT2D eigenvalue weighted by atomic mass is 35.5. The van der Waals surface area contributed by atoms with Gasteiger partial charge < -0.3 is 5.73 Å². The van der Waals surface area contributed by atoms with Crippen molar-refractivity contribution in [1.29, 1.82) is 0 Å². The summed E-state index contributed by atoms with van der Waals surface area (Å²) in [5.74, 6) is 0.862. The number of benzene rings is 2. The minimum absolute atomic E-state index is 0.686. The lowest BCUT2D eigenvalue weighted by Crippen LogP contribution is -1.85. The van der Waals surface area contributed by atoms with Gasteiger partial charge >= 0.3 is 0 Å². The fourth-order valence-electron chi connectivity index (χ4n) is 1.38. The number of nitrogen functional groups attached to an aromatic ring is 1. The van der Waals surface area contributed by atoms with Crippen molar-refractivity contribution in [3.63, 3.8) is 0 Å². The fraction of sp³-hybridized carbons (Fsp3) is 0.0769. The van der Waals surface area contributed by atoms with E-state index >= 15 is 0 Å². The summed E-state index contributed by atoms with van der Waals surface area (Å²) in [4.78, 5) is 1.04. The van der Waals surface area contributed by atoms with Gasteiger partial charge in [-0.3, -0.25) is 0 Å². The molecule has 88 valence electrons. The topological polar surface area (TPSA) is 26.0 Å². The van der Waals surface area contributed by atoms with E-state index in [9.17, 15) is 0 Å². The quantitative estimate of drug-likeness (QED) is 0.643. The Morgan fingerprint density at radius 2 is 1.71 bits per heavy atom. The van der Waals surface area contributed by atoms with Crippen molar-refractivity contribution >= 4 is 40.7 Å². The van der Waals surface area contributed by atoms with Crippen LogP contribution in [-0.2, 0) is 5.75 Å². The van der Waals surface area contributed by atoms with Crippen LogP contribution in [0.5, 0.6) is 0 Å². The molecule has 0 bridgehead atoms. The lowest BCUT2D eigenvalue weighted by atomic mass is 10.2. The van der Waals surface area contributed by atoms with Gasteiger partial charge in [-0.05, 0) is 35.9 Å². The van der Waals surface area contributed by atoms with E-state index in [1.165, 1.54) is 5.56 Å². The molecule has 0 aromatic heterocycles. The van der Waals surface area contributed by atoms with Crippen LogP contribution in [0.2, 0.25) is 10.0 Å². The van der Waals surface area contributed by atoms with Crippen LogP contribution in [0.4, 0.5) is 5.69 Å². The van der Waals surface area contributed by atoms with Crippen molar-refractivity contribution in [3.8, 4) is 0 Å². The van der Waals surface area contributed by atoms with Crippen LogP contribution in [0.25, 0.3) is 0 Å². The number of halogens is 2. The van der Waals surface area contributed by atoms with E-state index in [1.54, 1.807) is 17.8 Å². The van der Waals surface area contributed by atoms with Crippen LogP contribution in [-0.4, -0.2) is 0 Å². The van der Waals surface area contributed by atoms with Crippen LogP contribution in [0, 0.1) is 0 Å². The second-order valence-electron chi connectivity index (χ2n) is 3.61. The lowest BCUT2D eigenvalue weighted by molar-refractivity contribution is 1.38. The van der Waals surface area contributed by atoms with Crippen molar-refractivity contribution in [2.24, 2.45) is 0 Å². The zero-order chi connectivity index (χ0) is 12.3. The molecule has 0 spiro atoms. The molecule has 0 aliphatic carbocycles. The van der Waals surface area contributed by atoms with Crippen LogP contribution in [0.1, 0.15) is 5.56 Å². The maximum Gasteiger partial charge on any atom is 0.0562 e. The summed E-state index contributed by atoms with van der Waals surface area (Å²) in [7, 11) is 0. The molecular formula is C13H11Cl2NS. The van der Waals surface area contributed by atoms with E-state index in [-0.39, 0.29) is 0 Å². The van der Waals surface area contributed by atoms with Gasteiger partial charge in [-0.1, -0.05) is 35.3 Å². The van der Waals surface area contributed by atoms with Crippen molar-refractivity contribution in [3.05, 3.63) is 58.1 Å². The van der Waals surface area contributed by atoms with E-state index in [1.807, 2.05) is 36.4 Å². The Morgan fingerprint density at radius 1 is 1.00 bits per heavy atom. The maximum atomic E-state index is 6.10. The average molecular weight is 284 g/mol. The smallest absolute Gasteiger partial charge is 0.0562 e. The van der Waals surface area contributed by atoms with Gasteiger partial charge in [0.1, 0.15) is 0 Å². The Balaban J connectivity index is 2.04. The van der Waals surface area contributed by atoms with Crippen LogP contribution in [0.3, 0.4) is 0 Å². The van der Waals surface area contributed by atoms with Crippen molar-refractivity contribution in [2.45, 2.75) is 10.6 Å². The molecule has 4 heteroatoms. The van der Waals surface area contributed by atoms with Gasteiger partial charge in [0.25, 0.3) is 0 Å². The molecule has 2 aromatic rings. The largest absolute Gasteiger partial charge is 0.399 e. The van der Waals surface area contributed by atoms with Crippen LogP contribution in [0.15, 0.2) is 47.4 Å². The zero-order valence-corrected chi connectivity index (χ0v) is 11.3. The summed E-state index contributed by atoms with van der Waals surface area (Å²) in [6, 6.07) is 13.4. The Labute approximate surface area is 115 Å². The third-order valence-corrected chi connectivity index (χ3v) is 4.08. The number of anilines is 1. The molecule has 0 unspecified atom stereocenters. The molecule has 0 saturated carbocycles. The van der Waals surface area contributed by atoms with Crippen molar-refractivity contribution < 1.29 is 0 Å². The summed E-state index contributed by atoms with van der Waals surface area (Å²) in [5, 5.41) is 1.45. The number of hydrogen-bond donors (Lipinski definition) is 1. The first-order valence-electron chi connectivity index (χ1n) is 5.07. The Bertz CT molecular complexity index is 511. The van der Waals surface area contributed by atoms with E-state index in [4.69, 9.17) is 28.9 Å². The Morgan fingerprint density at radius 3 is 2.35 bits per heavy atom. The second kappa shape index (κ2) is 5.67. The van der Waals surface area contributed by atoms with Crippen molar-refractivity contribution in [2.75, 3.05) is 5.73 Å². The van der Waals surface area contributed by atoms with Crippen LogP contribution >= 0.6 is 35.0 Å². The third-order valence-electron chi connectivity index (χ3n) is 2.26. The minimum Gasteiger partial charge on any atom is -0.399 e. The monoisotopic (exact) mass is 283 g/mol. The van der Waals surface area contributed by atoms with E-state index < -0.39 is 0 Å². The summed E-state index contributed by atoms with van der Waals surface area (Å²) in [6.45, 7) is 0. The number of thioether (sulfide) groups is 1. The molecule has 1 nitrogen and oxygen atoms in total. The van der Waals surface area contributed by atoms with E-state index in [0.717, 1.165) is 15.7 Å². The number of nitrogens with two attached hydrogens (primary N) is 1. The summed E-state index contributed by atoms with van der Waals surface area (Å²) in [6.07, 6.45) is 0. The molecule has 17 heavy (non-hydrogen) atoms. The van der Waals surface area contributed by atoms with Gasteiger partial charge in [-0.2, -0.15) is 0 Å². The molecule has 2 rings (SSSR count). The SMILES string of the molecule is Nc1ccc(SCc2ccc(Cl)cc2)c(Cl)c1. The summed E-state index contributed by atoms with van der Waals surface area (Å²) in [5.41, 5.74) is 7.54. The third kappa shape index (κ3) is 3.56. The predicted molar refractivity (Wildman–Crippen MR) is 76.9 cm³/mol. The highest BCUT2D eigenvalue weighted by molar-refractivity contribution is 7.98. The van der Waals surface area contributed by atoms with Gasteiger partial charge in [0, 0.05) is 21.4 Å². The number of hydrogen-bond acceptors (Lipinski definition) is 2. The zero-order valence-electron chi connectivity index (χ0n) is 8.99. The molecule has 0 heterocycles. The molecule has 0 radical (unpaired) electrons. The highest BCUT2D eigenvalue weighted by Gasteiger charge is 2.02. The Kier molecular flexibility index (Phi) is 4.21. The molecule has 0 saturated heterocycles. The first-order chi connectivity index (χ1) is 8.15. The average Bonchev–Trinajstić information content (AvgIpc) is 2.30. The first-order valence-corrected chi connectivity index (χ1v) is 6.81. The van der Waals surface area contributed by atoms with Gasteiger partial charge in [-0.25, -0.2) is 0 Å². The molecule has 2 aromatic carbocycles. The maximum absolute atomic E-state index is 6.10. The van der Waals surface area contributed by atoms with E-state index in [2.05, 4.69) is 0 Å². The molecule has 0 amide bonds. The lowest BCUT2D eigenvalue weighted by Gasteiger charge is -2.05. The highest BCUT2D eigenvalue weighted by Crippen LogP contribution is 2.31. The molecule has 2 N–H and O–H groups in total. The molecule has 0 aliphatic heterocycles. The normalized spacial score (nSPS) is 10.5. The predicted octanol–water partition coefficient (Wildman–Crippen LogP) is 4.87. The first kappa shape index (κ1) is 12.6. The van der Waals surface area contributed by atoms with E-state index in [0.29, 0.717) is 10.7 Å². The Hall–Kier alpha value is -0.830. The molecule has 0 aliphatic rings. The van der Waals surface area contributed by atoms with Gasteiger partial charge in [0.2, 0.25) is 0 Å². The summed E-state index contributed by atoms with van der Waals surface area (Å²) < 4.78 is 0.